The van der Waals surface area contributed by atoms with Crippen LogP contribution in [0.5, 0.6) is 0 Å². The molecule has 0 saturated carbocycles. The SMILES string of the molecule is Cc1cc2[nH]c(C)c(-c3c(C)cc(C)c(CC(C)O)c3C)c(=O)n2n1. The lowest BCUT2D eigenvalue weighted by Gasteiger charge is -2.19. The van der Waals surface area contributed by atoms with Crippen molar-refractivity contribution >= 4 is 5.65 Å². The lowest BCUT2D eigenvalue weighted by atomic mass is 9.87. The summed E-state index contributed by atoms with van der Waals surface area (Å²) in [5.41, 5.74) is 8.17. The standard InChI is InChI=1S/C20H25N3O2/c1-10-7-11(2)18(14(5)16(10)9-13(4)24)19-15(6)21-17-8-12(3)22-23(17)20(19)25/h7-8,13,21,24H,9H2,1-6H3. The maximum atomic E-state index is 13.1. The average Bonchev–Trinajstić information content (AvgIpc) is 2.87. The fourth-order valence-electron chi connectivity index (χ4n) is 3.78. The van der Waals surface area contributed by atoms with Gasteiger partial charge in [-0.2, -0.15) is 9.61 Å². The zero-order valence-electron chi connectivity index (χ0n) is 15.7. The molecule has 2 N–H and O–H groups in total. The highest BCUT2D eigenvalue weighted by Crippen LogP contribution is 2.32. The van der Waals surface area contributed by atoms with Crippen LogP contribution < -0.4 is 5.56 Å². The molecule has 1 unspecified atom stereocenters. The van der Waals surface area contributed by atoms with Gasteiger partial charge in [0.05, 0.1) is 17.4 Å². The molecule has 0 bridgehead atoms. The van der Waals surface area contributed by atoms with Gasteiger partial charge in [0.1, 0.15) is 5.65 Å². The third-order valence-corrected chi connectivity index (χ3v) is 4.81. The first-order chi connectivity index (χ1) is 11.7. The average molecular weight is 339 g/mol. The van der Waals surface area contributed by atoms with Crippen molar-refractivity contribution in [3.63, 3.8) is 0 Å². The monoisotopic (exact) mass is 339 g/mol. The van der Waals surface area contributed by atoms with Gasteiger partial charge >= 0.3 is 0 Å². The van der Waals surface area contributed by atoms with E-state index in [1.807, 2.05) is 33.8 Å². The number of benzene rings is 1. The fraction of sp³-hybridized carbons (Fsp3) is 0.400. The van der Waals surface area contributed by atoms with E-state index in [4.69, 9.17) is 0 Å². The second-order valence-electron chi connectivity index (χ2n) is 7.05. The minimum absolute atomic E-state index is 0.114. The molecule has 3 rings (SSSR count). The van der Waals surface area contributed by atoms with Gasteiger partial charge in [0.15, 0.2) is 0 Å². The van der Waals surface area contributed by atoms with Crippen LogP contribution in [0.2, 0.25) is 0 Å². The molecule has 0 saturated heterocycles. The van der Waals surface area contributed by atoms with Crippen LogP contribution in [0.4, 0.5) is 0 Å². The Hall–Kier alpha value is -2.40. The molecule has 2 aromatic heterocycles. The van der Waals surface area contributed by atoms with E-state index in [0.29, 0.717) is 17.6 Å². The van der Waals surface area contributed by atoms with E-state index in [-0.39, 0.29) is 5.56 Å². The van der Waals surface area contributed by atoms with Crippen molar-refractivity contribution in [1.29, 1.82) is 0 Å². The largest absolute Gasteiger partial charge is 0.393 e. The van der Waals surface area contributed by atoms with Gasteiger partial charge in [0.2, 0.25) is 0 Å². The Morgan fingerprint density at radius 3 is 2.44 bits per heavy atom. The molecular weight excluding hydrogens is 314 g/mol. The zero-order chi connectivity index (χ0) is 18.5. The molecule has 0 spiro atoms. The summed E-state index contributed by atoms with van der Waals surface area (Å²) < 4.78 is 1.44. The second-order valence-corrected chi connectivity index (χ2v) is 7.05. The van der Waals surface area contributed by atoms with Crippen molar-refractivity contribution in [2.24, 2.45) is 0 Å². The molecule has 0 aliphatic carbocycles. The number of fused-ring (bicyclic) bond motifs is 1. The van der Waals surface area contributed by atoms with Gasteiger partial charge in [-0.3, -0.25) is 4.79 Å². The van der Waals surface area contributed by atoms with E-state index in [2.05, 4.69) is 23.1 Å². The maximum Gasteiger partial charge on any atom is 0.282 e. The first kappa shape index (κ1) is 17.4. The quantitative estimate of drug-likeness (QED) is 0.770. The Morgan fingerprint density at radius 2 is 1.80 bits per heavy atom. The maximum absolute atomic E-state index is 13.1. The first-order valence-corrected chi connectivity index (χ1v) is 8.58. The smallest absolute Gasteiger partial charge is 0.282 e. The number of aromatic amines is 1. The Bertz CT molecular complexity index is 1030. The summed E-state index contributed by atoms with van der Waals surface area (Å²) in [6, 6.07) is 3.96. The number of nitrogens with one attached hydrogen (secondary N) is 1. The number of rotatable bonds is 3. The number of aliphatic hydroxyl groups excluding tert-OH is 1. The van der Waals surface area contributed by atoms with Crippen molar-refractivity contribution in [2.45, 2.75) is 54.1 Å². The van der Waals surface area contributed by atoms with Gasteiger partial charge in [-0.25, -0.2) is 0 Å². The van der Waals surface area contributed by atoms with Crippen LogP contribution in [0.1, 0.15) is 40.6 Å². The summed E-state index contributed by atoms with van der Waals surface area (Å²) in [4.78, 5) is 16.4. The van der Waals surface area contributed by atoms with Crippen molar-refractivity contribution in [3.05, 3.63) is 56.1 Å². The highest BCUT2D eigenvalue weighted by atomic mass is 16.3. The molecule has 0 aliphatic rings. The van der Waals surface area contributed by atoms with Gasteiger partial charge < -0.3 is 10.1 Å². The molecule has 2 heterocycles. The molecule has 0 amide bonds. The zero-order valence-corrected chi connectivity index (χ0v) is 15.7. The number of hydrogen-bond donors (Lipinski definition) is 2. The molecule has 0 fully saturated rings. The molecule has 132 valence electrons. The van der Waals surface area contributed by atoms with Crippen molar-refractivity contribution < 1.29 is 5.11 Å². The van der Waals surface area contributed by atoms with Gasteiger partial charge in [0, 0.05) is 11.8 Å². The number of H-pyrrole nitrogens is 1. The Morgan fingerprint density at radius 1 is 1.12 bits per heavy atom. The first-order valence-electron chi connectivity index (χ1n) is 8.58. The number of aryl methyl sites for hydroxylation is 4. The minimum Gasteiger partial charge on any atom is -0.393 e. The fourth-order valence-corrected chi connectivity index (χ4v) is 3.78. The number of nitrogens with zero attached hydrogens (tertiary/aromatic N) is 2. The van der Waals surface area contributed by atoms with Gasteiger partial charge in [0.25, 0.3) is 5.56 Å². The number of aromatic nitrogens is 3. The molecule has 0 radical (unpaired) electrons. The molecule has 25 heavy (non-hydrogen) atoms. The van der Waals surface area contributed by atoms with E-state index in [1.165, 1.54) is 4.52 Å². The summed E-state index contributed by atoms with van der Waals surface area (Å²) in [7, 11) is 0. The Balaban J connectivity index is 2.37. The van der Waals surface area contributed by atoms with Gasteiger partial charge in [-0.05, 0) is 75.8 Å². The van der Waals surface area contributed by atoms with E-state index >= 15 is 0 Å². The van der Waals surface area contributed by atoms with E-state index < -0.39 is 6.10 Å². The summed E-state index contributed by atoms with van der Waals surface area (Å²) in [6.07, 6.45) is 0.147. The predicted molar refractivity (Wildman–Crippen MR) is 100 cm³/mol. The third kappa shape index (κ3) is 2.89. The van der Waals surface area contributed by atoms with Crippen LogP contribution in [0.15, 0.2) is 16.9 Å². The molecule has 1 aromatic carbocycles. The number of aliphatic hydroxyl groups is 1. The van der Waals surface area contributed by atoms with Crippen LogP contribution >= 0.6 is 0 Å². The van der Waals surface area contributed by atoms with Crippen molar-refractivity contribution in [2.75, 3.05) is 0 Å². The van der Waals surface area contributed by atoms with Gasteiger partial charge in [-0.1, -0.05) is 6.07 Å². The summed E-state index contributed by atoms with van der Waals surface area (Å²) >= 11 is 0. The highest BCUT2D eigenvalue weighted by molar-refractivity contribution is 5.75. The van der Waals surface area contributed by atoms with Crippen LogP contribution in [0.3, 0.4) is 0 Å². The summed E-state index contributed by atoms with van der Waals surface area (Å²) in [5.74, 6) is 0. The molecule has 5 heteroatoms. The predicted octanol–water partition coefficient (Wildman–Crippen LogP) is 3.16. The molecular formula is C20H25N3O2. The van der Waals surface area contributed by atoms with Crippen LogP contribution in [0.25, 0.3) is 16.8 Å². The topological polar surface area (TPSA) is 70.4 Å². The van der Waals surface area contributed by atoms with Crippen LogP contribution in [-0.4, -0.2) is 25.8 Å². The number of hydrogen-bond acceptors (Lipinski definition) is 3. The van der Waals surface area contributed by atoms with Crippen LogP contribution in [0, 0.1) is 34.6 Å². The summed E-state index contributed by atoms with van der Waals surface area (Å²) in [5, 5.41) is 14.2. The minimum atomic E-state index is -0.427. The summed E-state index contributed by atoms with van der Waals surface area (Å²) in [6.45, 7) is 11.7. The highest BCUT2D eigenvalue weighted by Gasteiger charge is 2.20. The lowest BCUT2D eigenvalue weighted by Crippen LogP contribution is -2.20. The molecule has 3 aromatic rings. The normalized spacial score (nSPS) is 12.8. The van der Waals surface area contributed by atoms with Gasteiger partial charge in [-0.15, -0.1) is 0 Å². The van der Waals surface area contributed by atoms with E-state index in [9.17, 15) is 9.90 Å². The molecule has 0 aliphatic heterocycles. The Labute approximate surface area is 147 Å². The van der Waals surface area contributed by atoms with E-state index in [1.54, 1.807) is 6.92 Å². The van der Waals surface area contributed by atoms with E-state index in [0.717, 1.165) is 39.2 Å². The van der Waals surface area contributed by atoms with Crippen molar-refractivity contribution in [1.82, 2.24) is 14.6 Å². The molecule has 1 atom stereocenters. The second kappa shape index (κ2) is 6.15. The molecule has 5 nitrogen and oxygen atoms in total. The Kier molecular flexibility index (Phi) is 4.29. The van der Waals surface area contributed by atoms with Crippen molar-refractivity contribution in [3.8, 4) is 11.1 Å². The van der Waals surface area contributed by atoms with Crippen LogP contribution in [-0.2, 0) is 6.42 Å². The third-order valence-electron chi connectivity index (χ3n) is 4.81. The lowest BCUT2D eigenvalue weighted by molar-refractivity contribution is 0.195.